The molecule has 29 heavy (non-hydrogen) atoms. The van der Waals surface area contributed by atoms with Crippen molar-refractivity contribution in [1.82, 2.24) is 8.87 Å². The number of rotatable bonds is 4. The van der Waals surface area contributed by atoms with Crippen LogP contribution in [0.1, 0.15) is 18.4 Å². The topological polar surface area (TPSA) is 79.6 Å². The van der Waals surface area contributed by atoms with E-state index in [4.69, 9.17) is 5.11 Å². The summed E-state index contributed by atoms with van der Waals surface area (Å²) in [6, 6.07) is 12.3. The van der Waals surface area contributed by atoms with E-state index in [1.165, 1.54) is 39.2 Å². The van der Waals surface area contributed by atoms with E-state index in [0.29, 0.717) is 43.3 Å². The zero-order valence-corrected chi connectivity index (χ0v) is 16.5. The molecule has 2 heterocycles. The summed E-state index contributed by atoms with van der Waals surface area (Å²) >= 11 is 0. The molecule has 3 aromatic rings. The molecule has 1 aliphatic rings. The van der Waals surface area contributed by atoms with Crippen LogP contribution in [0.25, 0.3) is 10.9 Å². The van der Waals surface area contributed by atoms with Gasteiger partial charge in [0.25, 0.3) is 10.0 Å². The maximum Gasteiger partial charge on any atom is 0.407 e. The molecule has 1 fully saturated rings. The minimum absolute atomic E-state index is 0.169. The average Bonchev–Trinajstić information content (AvgIpc) is 3.07. The molecular formula is C21H21FN2O4S. The van der Waals surface area contributed by atoms with Crippen LogP contribution in [0.2, 0.25) is 0 Å². The fourth-order valence-electron chi connectivity index (χ4n) is 3.95. The predicted octanol–water partition coefficient (Wildman–Crippen LogP) is 3.95. The highest BCUT2D eigenvalue weighted by Crippen LogP contribution is 2.31. The highest BCUT2D eigenvalue weighted by Gasteiger charge is 2.26. The number of amides is 1. The zero-order valence-electron chi connectivity index (χ0n) is 15.7. The Hall–Kier alpha value is -2.87. The molecule has 8 heteroatoms. The van der Waals surface area contributed by atoms with Gasteiger partial charge in [0, 0.05) is 24.7 Å². The summed E-state index contributed by atoms with van der Waals surface area (Å²) in [4.78, 5) is 12.7. The maximum absolute atomic E-state index is 13.9. The summed E-state index contributed by atoms with van der Waals surface area (Å²) in [7, 11) is -3.81. The molecule has 0 spiro atoms. The Kier molecular flexibility index (Phi) is 5.04. The van der Waals surface area contributed by atoms with Crippen molar-refractivity contribution in [2.75, 3.05) is 13.1 Å². The van der Waals surface area contributed by atoms with E-state index in [-0.39, 0.29) is 10.8 Å². The second kappa shape index (κ2) is 7.51. The van der Waals surface area contributed by atoms with E-state index < -0.39 is 21.9 Å². The number of likely N-dealkylation sites (tertiary alicyclic amines) is 1. The van der Waals surface area contributed by atoms with Crippen molar-refractivity contribution in [3.05, 3.63) is 66.1 Å². The molecule has 0 unspecified atom stereocenters. The van der Waals surface area contributed by atoms with E-state index in [0.717, 1.165) is 5.56 Å². The normalized spacial score (nSPS) is 15.7. The Morgan fingerprint density at radius 1 is 1.10 bits per heavy atom. The van der Waals surface area contributed by atoms with Crippen LogP contribution in [0.3, 0.4) is 0 Å². The van der Waals surface area contributed by atoms with E-state index in [1.54, 1.807) is 24.4 Å². The lowest BCUT2D eigenvalue weighted by atomic mass is 9.90. The highest BCUT2D eigenvalue weighted by atomic mass is 32.2. The first-order valence-corrected chi connectivity index (χ1v) is 10.9. The van der Waals surface area contributed by atoms with Crippen LogP contribution in [0.15, 0.2) is 59.6 Å². The Balaban J connectivity index is 1.71. The van der Waals surface area contributed by atoms with E-state index >= 15 is 0 Å². The summed E-state index contributed by atoms with van der Waals surface area (Å²) in [5, 5.41) is 9.68. The van der Waals surface area contributed by atoms with Gasteiger partial charge < -0.3 is 10.0 Å². The second-order valence-corrected chi connectivity index (χ2v) is 9.16. The van der Waals surface area contributed by atoms with Crippen LogP contribution in [-0.2, 0) is 16.4 Å². The summed E-state index contributed by atoms with van der Waals surface area (Å²) in [5.74, 6) is -0.207. The number of benzene rings is 2. The van der Waals surface area contributed by atoms with Crippen molar-refractivity contribution >= 4 is 27.0 Å². The van der Waals surface area contributed by atoms with Crippen LogP contribution < -0.4 is 0 Å². The minimum Gasteiger partial charge on any atom is -0.465 e. The van der Waals surface area contributed by atoms with Gasteiger partial charge >= 0.3 is 6.09 Å². The van der Waals surface area contributed by atoms with Crippen LogP contribution >= 0.6 is 0 Å². The van der Waals surface area contributed by atoms with Crippen molar-refractivity contribution in [3.8, 4) is 0 Å². The minimum atomic E-state index is -3.81. The third-order valence-electron chi connectivity index (χ3n) is 5.51. The first-order chi connectivity index (χ1) is 13.9. The molecule has 1 amide bonds. The van der Waals surface area contributed by atoms with Crippen molar-refractivity contribution < 1.29 is 22.7 Å². The van der Waals surface area contributed by atoms with Gasteiger partial charge in [0.15, 0.2) is 0 Å². The zero-order chi connectivity index (χ0) is 20.6. The first kappa shape index (κ1) is 19.4. The fourth-order valence-corrected chi connectivity index (χ4v) is 5.36. The van der Waals surface area contributed by atoms with Gasteiger partial charge in [-0.2, -0.15) is 0 Å². The van der Waals surface area contributed by atoms with Crippen LogP contribution in [-0.4, -0.2) is 41.6 Å². The number of carbonyl (C=O) groups is 1. The molecule has 1 N–H and O–H groups in total. The monoisotopic (exact) mass is 416 g/mol. The molecule has 2 aromatic carbocycles. The predicted molar refractivity (Wildman–Crippen MR) is 107 cm³/mol. The number of carboxylic acid groups (broad SMARTS) is 1. The lowest BCUT2D eigenvalue weighted by Crippen LogP contribution is -2.37. The standard InChI is InChI=1S/C21H21FN2O4S/c22-17-6-7-20-19(13-17)16(12-15-8-10-23(11-9-15)21(25)26)14-24(20)29(27,28)18-4-2-1-3-5-18/h1-7,13-15H,8-12H2,(H,25,26). The quantitative estimate of drug-likeness (QED) is 0.698. The lowest BCUT2D eigenvalue weighted by molar-refractivity contribution is 0.124. The smallest absolute Gasteiger partial charge is 0.407 e. The van der Waals surface area contributed by atoms with Crippen molar-refractivity contribution in [1.29, 1.82) is 0 Å². The summed E-state index contributed by atoms with van der Waals surface area (Å²) in [5.41, 5.74) is 1.20. The third kappa shape index (κ3) is 3.72. The van der Waals surface area contributed by atoms with Gasteiger partial charge in [-0.15, -0.1) is 0 Å². The van der Waals surface area contributed by atoms with Crippen LogP contribution in [0, 0.1) is 11.7 Å². The van der Waals surface area contributed by atoms with Gasteiger partial charge in [0.2, 0.25) is 0 Å². The molecule has 0 saturated carbocycles. The van der Waals surface area contributed by atoms with Gasteiger partial charge in [-0.25, -0.2) is 21.6 Å². The molecule has 0 radical (unpaired) electrons. The Morgan fingerprint density at radius 2 is 1.79 bits per heavy atom. The number of aromatic nitrogens is 1. The van der Waals surface area contributed by atoms with Gasteiger partial charge in [0.05, 0.1) is 10.4 Å². The van der Waals surface area contributed by atoms with Crippen molar-refractivity contribution in [2.45, 2.75) is 24.2 Å². The van der Waals surface area contributed by atoms with Crippen LogP contribution in [0.4, 0.5) is 9.18 Å². The molecule has 1 aromatic heterocycles. The van der Waals surface area contributed by atoms with Gasteiger partial charge in [-0.1, -0.05) is 18.2 Å². The average molecular weight is 416 g/mol. The molecule has 0 atom stereocenters. The van der Waals surface area contributed by atoms with Crippen LogP contribution in [0.5, 0.6) is 0 Å². The summed E-state index contributed by atoms with van der Waals surface area (Å²) in [6.07, 6.45) is 2.62. The molecule has 6 nitrogen and oxygen atoms in total. The second-order valence-electron chi connectivity index (χ2n) is 7.35. The number of halogens is 1. The third-order valence-corrected chi connectivity index (χ3v) is 7.20. The molecule has 1 aliphatic heterocycles. The van der Waals surface area contributed by atoms with E-state index in [1.807, 2.05) is 0 Å². The van der Waals surface area contributed by atoms with Gasteiger partial charge in [-0.05, 0) is 61.1 Å². The SMILES string of the molecule is O=C(O)N1CCC(Cc2cn(S(=O)(=O)c3ccccc3)c3ccc(F)cc23)CC1. The Morgan fingerprint density at radius 3 is 2.45 bits per heavy atom. The molecule has 4 rings (SSSR count). The van der Waals surface area contributed by atoms with Crippen molar-refractivity contribution in [3.63, 3.8) is 0 Å². The molecule has 1 saturated heterocycles. The largest absolute Gasteiger partial charge is 0.465 e. The van der Waals surface area contributed by atoms with Gasteiger partial charge in [0.1, 0.15) is 5.82 Å². The maximum atomic E-state index is 13.9. The van der Waals surface area contributed by atoms with E-state index in [2.05, 4.69) is 0 Å². The van der Waals surface area contributed by atoms with Crippen molar-refractivity contribution in [2.24, 2.45) is 5.92 Å². The van der Waals surface area contributed by atoms with E-state index in [9.17, 15) is 17.6 Å². The molecule has 0 aliphatic carbocycles. The number of nitrogens with zero attached hydrogens (tertiary/aromatic N) is 2. The summed E-state index contributed by atoms with van der Waals surface area (Å²) < 4.78 is 41.5. The number of fused-ring (bicyclic) bond motifs is 1. The molecule has 0 bridgehead atoms. The highest BCUT2D eigenvalue weighted by molar-refractivity contribution is 7.90. The number of hydrogen-bond acceptors (Lipinski definition) is 3. The van der Waals surface area contributed by atoms with Gasteiger partial charge in [-0.3, -0.25) is 0 Å². The Bertz CT molecular complexity index is 1150. The number of hydrogen-bond donors (Lipinski definition) is 1. The number of piperidine rings is 1. The molecule has 152 valence electrons. The fraction of sp³-hybridized carbons (Fsp3) is 0.286. The Labute approximate surface area is 168 Å². The lowest BCUT2D eigenvalue weighted by Gasteiger charge is -2.29. The molecular weight excluding hydrogens is 395 g/mol. The summed E-state index contributed by atoms with van der Waals surface area (Å²) in [6.45, 7) is 0.907. The first-order valence-electron chi connectivity index (χ1n) is 9.44.